The van der Waals surface area contributed by atoms with Crippen LogP contribution in [-0.4, -0.2) is 0 Å². The van der Waals surface area contributed by atoms with Gasteiger partial charge in [0.1, 0.15) is 19.6 Å². The zero-order chi connectivity index (χ0) is 31.6. The Morgan fingerprint density at radius 2 is 1.52 bits per heavy atom. The number of benzene rings is 4. The van der Waals surface area contributed by atoms with Crippen LogP contribution in [0.3, 0.4) is 0 Å². The highest BCUT2D eigenvalue weighted by atomic mass is 16.3. The lowest BCUT2D eigenvalue weighted by Gasteiger charge is -2.19. The number of nitrogens with zero attached hydrogens (tertiary/aromatic N) is 2. The van der Waals surface area contributed by atoms with E-state index in [4.69, 9.17) is 9.90 Å². The summed E-state index contributed by atoms with van der Waals surface area (Å²) in [7, 11) is 1.70. The summed E-state index contributed by atoms with van der Waals surface area (Å²) in [5.74, 6) is 0. The van der Waals surface area contributed by atoms with Crippen molar-refractivity contribution in [2.24, 2.45) is 7.05 Å². The van der Waals surface area contributed by atoms with Crippen molar-refractivity contribution in [3.05, 3.63) is 113 Å². The standard InChI is InChI=1S/C37H33N2O/c1-23-10-19-32(39(6)22-23)33-24(2)11-17-30-31-18-14-28(21-38)34(36(31)40-35(30)33)27-9-7-8-26(20-27)25-12-15-29(16-13-25)37(3,4)5/h7-20,22H,1-6H3/q+1/i1D3,22D. The maximum absolute atomic E-state index is 10.2. The molecule has 0 amide bonds. The Kier molecular flexibility index (Phi) is 5.03. The smallest absolute Gasteiger partial charge is 0.216 e. The molecule has 0 saturated carbocycles. The van der Waals surface area contributed by atoms with Crippen molar-refractivity contribution in [1.29, 1.82) is 5.26 Å². The minimum absolute atomic E-state index is 0.00735. The van der Waals surface area contributed by atoms with E-state index in [9.17, 15) is 5.26 Å². The molecule has 0 aliphatic heterocycles. The Morgan fingerprint density at radius 1 is 0.825 bits per heavy atom. The predicted molar refractivity (Wildman–Crippen MR) is 164 cm³/mol. The summed E-state index contributed by atoms with van der Waals surface area (Å²) in [5.41, 5.74) is 9.18. The third-order valence-electron chi connectivity index (χ3n) is 7.69. The van der Waals surface area contributed by atoms with Crippen LogP contribution in [0.1, 0.15) is 48.5 Å². The topological polar surface area (TPSA) is 40.8 Å². The highest BCUT2D eigenvalue weighted by Gasteiger charge is 2.23. The van der Waals surface area contributed by atoms with Gasteiger partial charge in [-0.05, 0) is 71.3 Å². The van der Waals surface area contributed by atoms with Gasteiger partial charge in [-0.1, -0.05) is 75.4 Å². The van der Waals surface area contributed by atoms with Crippen molar-refractivity contribution in [2.75, 3.05) is 0 Å². The SMILES string of the molecule is [2H]c1c(C([2H])([2H])[2H])ccc(-c2c(C)ccc3c2oc2c(-c4cccc(-c5ccc(C(C)(C)C)cc5)c4)c(C#N)ccc23)[n+]1C. The number of rotatable bonds is 3. The molecule has 0 radical (unpaired) electrons. The second-order valence-electron chi connectivity index (χ2n) is 11.4. The maximum Gasteiger partial charge on any atom is 0.216 e. The van der Waals surface area contributed by atoms with E-state index in [2.05, 4.69) is 63.2 Å². The third-order valence-corrected chi connectivity index (χ3v) is 7.69. The molecule has 6 rings (SSSR count). The number of fused-ring (bicyclic) bond motifs is 3. The minimum Gasteiger partial charge on any atom is -0.454 e. The average molecular weight is 526 g/mol. The van der Waals surface area contributed by atoms with Gasteiger partial charge in [-0.25, -0.2) is 4.57 Å². The molecule has 0 fully saturated rings. The predicted octanol–water partition coefficient (Wildman–Crippen LogP) is 9.20. The molecule has 0 atom stereocenters. The van der Waals surface area contributed by atoms with Gasteiger partial charge in [-0.15, -0.1) is 0 Å². The van der Waals surface area contributed by atoms with Crippen molar-refractivity contribution < 1.29 is 14.5 Å². The summed E-state index contributed by atoms with van der Waals surface area (Å²) in [4.78, 5) is 0. The van der Waals surface area contributed by atoms with Crippen LogP contribution in [0.25, 0.3) is 55.4 Å². The van der Waals surface area contributed by atoms with Gasteiger partial charge in [-0.2, -0.15) is 5.26 Å². The van der Waals surface area contributed by atoms with Gasteiger partial charge >= 0.3 is 0 Å². The first kappa shape index (κ1) is 21.2. The Bertz CT molecular complexity index is 2130. The maximum atomic E-state index is 10.2. The number of hydrogen-bond donors (Lipinski definition) is 0. The highest BCUT2D eigenvalue weighted by molar-refractivity contribution is 6.14. The zero-order valence-corrected chi connectivity index (χ0v) is 23.4. The van der Waals surface area contributed by atoms with Crippen molar-refractivity contribution in [3.8, 4) is 39.6 Å². The van der Waals surface area contributed by atoms with E-state index in [0.29, 0.717) is 22.4 Å². The van der Waals surface area contributed by atoms with Crippen LogP contribution in [0.4, 0.5) is 0 Å². The number of aryl methyl sites for hydroxylation is 2. The second kappa shape index (κ2) is 9.50. The van der Waals surface area contributed by atoms with E-state index in [1.54, 1.807) is 17.7 Å². The van der Waals surface area contributed by atoms with Crippen molar-refractivity contribution >= 4 is 21.9 Å². The minimum atomic E-state index is -2.39. The summed E-state index contributed by atoms with van der Waals surface area (Å²) in [6, 6.07) is 30.2. The van der Waals surface area contributed by atoms with Gasteiger partial charge in [0, 0.05) is 32.1 Å². The van der Waals surface area contributed by atoms with Gasteiger partial charge in [0.15, 0.2) is 6.17 Å². The quantitative estimate of drug-likeness (QED) is 0.216. The summed E-state index contributed by atoms with van der Waals surface area (Å²) < 4.78 is 40.4. The fourth-order valence-corrected chi connectivity index (χ4v) is 5.52. The van der Waals surface area contributed by atoms with Gasteiger partial charge in [0.05, 0.1) is 17.2 Å². The van der Waals surface area contributed by atoms with Crippen LogP contribution in [0, 0.1) is 25.1 Å². The van der Waals surface area contributed by atoms with Gasteiger partial charge in [0.2, 0.25) is 5.69 Å². The Balaban J connectivity index is 1.57. The monoisotopic (exact) mass is 525 g/mol. The lowest BCUT2D eigenvalue weighted by Crippen LogP contribution is -2.31. The molecule has 4 aromatic carbocycles. The van der Waals surface area contributed by atoms with E-state index in [-0.39, 0.29) is 17.2 Å². The Hall–Kier alpha value is -4.68. The fourth-order valence-electron chi connectivity index (χ4n) is 5.52. The van der Waals surface area contributed by atoms with Gasteiger partial charge in [0.25, 0.3) is 0 Å². The molecule has 40 heavy (non-hydrogen) atoms. The normalized spacial score (nSPS) is 13.5. The molecule has 0 bridgehead atoms. The van der Waals surface area contributed by atoms with Crippen LogP contribution in [0.5, 0.6) is 0 Å². The molecule has 0 spiro atoms. The van der Waals surface area contributed by atoms with Crippen LogP contribution in [0.2, 0.25) is 0 Å². The molecular formula is C37H33N2O+. The van der Waals surface area contributed by atoms with E-state index < -0.39 is 6.85 Å². The number of aromatic nitrogens is 1. The molecule has 2 heterocycles. The first-order chi connectivity index (χ1) is 20.8. The van der Waals surface area contributed by atoms with Gasteiger partial charge in [-0.3, -0.25) is 0 Å². The average Bonchev–Trinajstić information content (AvgIpc) is 3.36. The molecule has 0 aliphatic carbocycles. The van der Waals surface area contributed by atoms with Crippen LogP contribution in [-0.2, 0) is 12.5 Å². The largest absolute Gasteiger partial charge is 0.454 e. The third kappa shape index (κ3) is 4.27. The molecule has 0 N–H and O–H groups in total. The first-order valence-electron chi connectivity index (χ1n) is 15.4. The van der Waals surface area contributed by atoms with Crippen molar-refractivity contribution in [3.63, 3.8) is 0 Å². The molecule has 6 aromatic rings. The second-order valence-corrected chi connectivity index (χ2v) is 11.4. The summed E-state index contributed by atoms with van der Waals surface area (Å²) >= 11 is 0. The Labute approximate surface area is 241 Å². The number of pyridine rings is 1. The summed E-state index contributed by atoms with van der Waals surface area (Å²) in [6.45, 7) is 6.18. The van der Waals surface area contributed by atoms with Crippen LogP contribution in [0.15, 0.2) is 95.5 Å². The van der Waals surface area contributed by atoms with Crippen LogP contribution >= 0.6 is 0 Å². The van der Waals surface area contributed by atoms with Gasteiger partial charge < -0.3 is 4.42 Å². The first-order valence-corrected chi connectivity index (χ1v) is 13.4. The van der Waals surface area contributed by atoms with Crippen molar-refractivity contribution in [2.45, 2.75) is 40.0 Å². The lowest BCUT2D eigenvalue weighted by molar-refractivity contribution is -0.660. The Morgan fingerprint density at radius 3 is 2.23 bits per heavy atom. The van der Waals surface area contributed by atoms with Crippen LogP contribution < -0.4 is 4.57 Å². The molecule has 0 saturated heterocycles. The molecule has 3 nitrogen and oxygen atoms in total. The van der Waals surface area contributed by atoms with E-state index >= 15 is 0 Å². The van der Waals surface area contributed by atoms with E-state index in [1.165, 1.54) is 11.6 Å². The molecule has 0 aliphatic rings. The summed E-state index contributed by atoms with van der Waals surface area (Å²) in [5, 5.41) is 11.9. The zero-order valence-electron chi connectivity index (χ0n) is 27.4. The fraction of sp³-hybridized carbons (Fsp3) is 0.189. The number of hydrogen-bond acceptors (Lipinski definition) is 2. The number of nitriles is 1. The molecule has 2 aromatic heterocycles. The van der Waals surface area contributed by atoms with Crippen molar-refractivity contribution in [1.82, 2.24) is 0 Å². The molecule has 196 valence electrons. The molecule has 3 heteroatoms. The highest BCUT2D eigenvalue weighted by Crippen LogP contribution is 2.42. The molecular weight excluding hydrogens is 488 g/mol. The van der Waals surface area contributed by atoms with E-state index in [0.717, 1.165) is 44.2 Å². The summed E-state index contributed by atoms with van der Waals surface area (Å²) in [6.07, 6.45) is -0.0742. The number of furan rings is 1. The van der Waals surface area contributed by atoms with E-state index in [1.807, 2.05) is 43.3 Å². The molecule has 0 unspecified atom stereocenters. The lowest BCUT2D eigenvalue weighted by atomic mass is 9.86.